The Bertz CT molecular complexity index is 996. The van der Waals surface area contributed by atoms with Crippen LogP contribution in [0.3, 0.4) is 0 Å². The Labute approximate surface area is 152 Å². The van der Waals surface area contributed by atoms with Gasteiger partial charge in [-0.15, -0.1) is 0 Å². The third-order valence-electron chi connectivity index (χ3n) is 3.63. The molecule has 1 amide bonds. The highest BCUT2D eigenvalue weighted by molar-refractivity contribution is 6.03. The standard InChI is InChI=1S/C18H14F3N5O/c19-11-7-14(21)16(25-9-11)18(27)26-12-3-4-13(20)10(6-12)8-24-15-2-1-5-23-17(15)22/h1-7,9,24H,8H2,(H2,22,23)(H,26,27). The largest absolute Gasteiger partial charge is 0.382 e. The SMILES string of the molecule is Nc1ncccc1NCc1cc(NC(=O)c2ncc(F)cc2F)ccc1F. The number of carbonyl (C=O) groups excluding carboxylic acids is 1. The maximum atomic E-state index is 14.0. The number of amides is 1. The minimum Gasteiger partial charge on any atom is -0.382 e. The van der Waals surface area contributed by atoms with E-state index in [2.05, 4.69) is 20.6 Å². The first-order valence-electron chi connectivity index (χ1n) is 7.79. The highest BCUT2D eigenvalue weighted by Crippen LogP contribution is 2.20. The maximum Gasteiger partial charge on any atom is 0.277 e. The van der Waals surface area contributed by atoms with Crippen LogP contribution in [0.25, 0.3) is 0 Å². The molecule has 3 aromatic rings. The second kappa shape index (κ2) is 7.73. The molecule has 0 radical (unpaired) electrons. The molecule has 0 aliphatic carbocycles. The highest BCUT2D eigenvalue weighted by Gasteiger charge is 2.15. The van der Waals surface area contributed by atoms with E-state index in [0.717, 1.165) is 12.3 Å². The number of hydrogen-bond acceptors (Lipinski definition) is 5. The van der Waals surface area contributed by atoms with Crippen molar-refractivity contribution < 1.29 is 18.0 Å². The third kappa shape index (κ3) is 4.32. The van der Waals surface area contributed by atoms with E-state index in [1.807, 2.05) is 0 Å². The van der Waals surface area contributed by atoms with Crippen molar-refractivity contribution in [3.8, 4) is 0 Å². The molecule has 0 unspecified atom stereocenters. The van der Waals surface area contributed by atoms with Crippen LogP contribution in [0.2, 0.25) is 0 Å². The molecule has 0 spiro atoms. The van der Waals surface area contributed by atoms with Gasteiger partial charge in [0, 0.05) is 30.1 Å². The van der Waals surface area contributed by atoms with Gasteiger partial charge in [-0.25, -0.2) is 23.1 Å². The van der Waals surface area contributed by atoms with Crippen molar-refractivity contribution in [2.24, 2.45) is 0 Å². The minimum atomic E-state index is -1.09. The number of pyridine rings is 2. The Balaban J connectivity index is 1.74. The monoisotopic (exact) mass is 373 g/mol. The average Bonchev–Trinajstić information content (AvgIpc) is 2.63. The topological polar surface area (TPSA) is 92.9 Å². The van der Waals surface area contributed by atoms with Crippen molar-refractivity contribution in [2.45, 2.75) is 6.54 Å². The first-order valence-corrected chi connectivity index (χ1v) is 7.79. The van der Waals surface area contributed by atoms with Gasteiger partial charge in [-0.1, -0.05) is 0 Å². The molecular formula is C18H14F3N5O. The summed E-state index contributed by atoms with van der Waals surface area (Å²) in [6, 6.07) is 7.78. The van der Waals surface area contributed by atoms with Crippen LogP contribution in [0, 0.1) is 17.5 Å². The van der Waals surface area contributed by atoms with Gasteiger partial charge >= 0.3 is 0 Å². The lowest BCUT2D eigenvalue weighted by Crippen LogP contribution is -2.16. The van der Waals surface area contributed by atoms with Crippen LogP contribution in [0.1, 0.15) is 16.1 Å². The third-order valence-corrected chi connectivity index (χ3v) is 3.63. The second-order valence-electron chi connectivity index (χ2n) is 5.53. The number of anilines is 3. The van der Waals surface area contributed by atoms with Gasteiger partial charge in [0.25, 0.3) is 5.91 Å². The van der Waals surface area contributed by atoms with E-state index in [1.54, 1.807) is 12.1 Å². The number of halogens is 3. The molecule has 27 heavy (non-hydrogen) atoms. The van der Waals surface area contributed by atoms with E-state index in [9.17, 15) is 18.0 Å². The van der Waals surface area contributed by atoms with E-state index in [4.69, 9.17) is 5.73 Å². The average molecular weight is 373 g/mol. The molecule has 4 N–H and O–H groups in total. The molecule has 2 heterocycles. The molecule has 3 rings (SSSR count). The van der Waals surface area contributed by atoms with E-state index >= 15 is 0 Å². The first kappa shape index (κ1) is 18.2. The van der Waals surface area contributed by atoms with Crippen LogP contribution >= 0.6 is 0 Å². The van der Waals surface area contributed by atoms with Crippen LogP contribution < -0.4 is 16.4 Å². The minimum absolute atomic E-state index is 0.0780. The van der Waals surface area contributed by atoms with E-state index < -0.39 is 29.1 Å². The number of rotatable bonds is 5. The zero-order valence-electron chi connectivity index (χ0n) is 13.8. The lowest BCUT2D eigenvalue weighted by Gasteiger charge is -2.11. The smallest absolute Gasteiger partial charge is 0.277 e. The Hall–Kier alpha value is -3.62. The fourth-order valence-corrected chi connectivity index (χ4v) is 2.32. The molecule has 9 heteroatoms. The van der Waals surface area contributed by atoms with Gasteiger partial charge in [0.15, 0.2) is 11.5 Å². The predicted octanol–water partition coefficient (Wildman–Crippen LogP) is 3.34. The van der Waals surface area contributed by atoms with Crippen LogP contribution in [-0.4, -0.2) is 15.9 Å². The molecule has 1 aromatic carbocycles. The number of nitrogens with one attached hydrogen (secondary N) is 2. The normalized spacial score (nSPS) is 10.5. The molecule has 6 nitrogen and oxygen atoms in total. The summed E-state index contributed by atoms with van der Waals surface area (Å²) in [5.41, 5.74) is 6.14. The number of nitrogens with zero attached hydrogens (tertiary/aromatic N) is 2. The number of benzene rings is 1. The Morgan fingerprint density at radius 2 is 1.89 bits per heavy atom. The summed E-state index contributed by atoms with van der Waals surface area (Å²) in [6.45, 7) is 0.0780. The molecule has 0 saturated carbocycles. The van der Waals surface area contributed by atoms with Gasteiger partial charge < -0.3 is 16.4 Å². The molecule has 0 aliphatic rings. The zero-order chi connectivity index (χ0) is 19.4. The summed E-state index contributed by atoms with van der Waals surface area (Å²) in [7, 11) is 0. The van der Waals surface area contributed by atoms with Crippen LogP contribution in [0.5, 0.6) is 0 Å². The number of carbonyl (C=O) groups is 1. The van der Waals surface area contributed by atoms with Gasteiger partial charge in [0.1, 0.15) is 17.5 Å². The van der Waals surface area contributed by atoms with Crippen molar-refractivity contribution >= 4 is 23.1 Å². The van der Waals surface area contributed by atoms with Crippen LogP contribution in [0.4, 0.5) is 30.4 Å². The van der Waals surface area contributed by atoms with Crippen molar-refractivity contribution in [3.05, 3.63) is 77.5 Å². The van der Waals surface area contributed by atoms with Crippen LogP contribution in [-0.2, 0) is 6.54 Å². The lowest BCUT2D eigenvalue weighted by atomic mass is 10.1. The summed E-state index contributed by atoms with van der Waals surface area (Å²) in [5.74, 6) is -3.11. The maximum absolute atomic E-state index is 14.0. The molecule has 0 aliphatic heterocycles. The fourth-order valence-electron chi connectivity index (χ4n) is 2.32. The van der Waals surface area contributed by atoms with Crippen molar-refractivity contribution in [1.82, 2.24) is 9.97 Å². The fraction of sp³-hybridized carbons (Fsp3) is 0.0556. The summed E-state index contributed by atoms with van der Waals surface area (Å²) in [6.07, 6.45) is 2.26. The lowest BCUT2D eigenvalue weighted by molar-refractivity contribution is 0.101. The summed E-state index contributed by atoms with van der Waals surface area (Å²) in [5, 5.41) is 5.34. The Morgan fingerprint density at radius 3 is 2.63 bits per heavy atom. The number of nitrogen functional groups attached to an aromatic ring is 1. The van der Waals surface area contributed by atoms with Gasteiger partial charge in [-0.3, -0.25) is 4.79 Å². The molecule has 0 atom stereocenters. The van der Waals surface area contributed by atoms with Gasteiger partial charge in [0.2, 0.25) is 0 Å². The molecular weight excluding hydrogens is 359 g/mol. The molecule has 2 aromatic heterocycles. The second-order valence-corrected chi connectivity index (χ2v) is 5.53. The van der Waals surface area contributed by atoms with Crippen molar-refractivity contribution in [1.29, 1.82) is 0 Å². The van der Waals surface area contributed by atoms with Gasteiger partial charge in [0.05, 0.1) is 11.9 Å². The van der Waals surface area contributed by atoms with E-state index in [-0.39, 0.29) is 23.6 Å². The molecule has 138 valence electrons. The quantitative estimate of drug-likeness (QED) is 0.638. The van der Waals surface area contributed by atoms with E-state index in [1.165, 1.54) is 18.3 Å². The zero-order valence-corrected chi connectivity index (χ0v) is 13.8. The van der Waals surface area contributed by atoms with Crippen molar-refractivity contribution in [2.75, 3.05) is 16.4 Å². The summed E-state index contributed by atoms with van der Waals surface area (Å²) >= 11 is 0. The van der Waals surface area contributed by atoms with Crippen molar-refractivity contribution in [3.63, 3.8) is 0 Å². The highest BCUT2D eigenvalue weighted by atomic mass is 19.1. The summed E-state index contributed by atoms with van der Waals surface area (Å²) < 4.78 is 40.6. The molecule has 0 bridgehead atoms. The number of nitrogens with two attached hydrogens (primary N) is 1. The Morgan fingerprint density at radius 1 is 1.07 bits per heavy atom. The van der Waals surface area contributed by atoms with Crippen LogP contribution in [0.15, 0.2) is 48.8 Å². The predicted molar refractivity (Wildman–Crippen MR) is 94.5 cm³/mol. The number of hydrogen-bond donors (Lipinski definition) is 3. The molecule has 0 fully saturated rings. The Kier molecular flexibility index (Phi) is 5.20. The number of aromatic nitrogens is 2. The van der Waals surface area contributed by atoms with E-state index in [0.29, 0.717) is 11.8 Å². The summed E-state index contributed by atoms with van der Waals surface area (Å²) in [4.78, 5) is 19.4. The molecule has 0 saturated heterocycles. The van der Waals surface area contributed by atoms with Gasteiger partial charge in [-0.05, 0) is 30.3 Å². The first-order chi connectivity index (χ1) is 12.9. The van der Waals surface area contributed by atoms with Gasteiger partial charge in [-0.2, -0.15) is 0 Å².